The van der Waals surface area contributed by atoms with Gasteiger partial charge in [0.25, 0.3) is 0 Å². The lowest BCUT2D eigenvalue weighted by Gasteiger charge is -2.30. The van der Waals surface area contributed by atoms with Crippen molar-refractivity contribution in [3.63, 3.8) is 0 Å². The third kappa shape index (κ3) is 7.89. The van der Waals surface area contributed by atoms with Crippen LogP contribution >= 0.6 is 0 Å². The Balaban J connectivity index is 4.31. The summed E-state index contributed by atoms with van der Waals surface area (Å²) in [4.78, 5) is 0. The molecule has 0 saturated heterocycles. The van der Waals surface area contributed by atoms with Crippen LogP contribution in [0.5, 0.6) is 0 Å². The molecule has 0 heterocycles. The Hall–Kier alpha value is 0.0569. The lowest BCUT2D eigenvalue weighted by molar-refractivity contribution is 0.0400. The number of nitrogens with two attached hydrogens (primary N) is 1. The Morgan fingerprint density at radius 3 is 2.00 bits per heavy atom. The SMILES string of the molecule is CCCCCC[Si](OCC)(OCC)OC(C)N. The van der Waals surface area contributed by atoms with Crippen molar-refractivity contribution in [1.82, 2.24) is 0 Å². The van der Waals surface area contributed by atoms with Crippen molar-refractivity contribution in [2.24, 2.45) is 5.73 Å². The third-order valence-electron chi connectivity index (χ3n) is 2.43. The second kappa shape index (κ2) is 10.0. The minimum Gasteiger partial charge on any atom is -0.374 e. The van der Waals surface area contributed by atoms with Crippen LogP contribution in [-0.4, -0.2) is 28.2 Å². The van der Waals surface area contributed by atoms with Crippen LogP contribution in [0.4, 0.5) is 0 Å². The highest BCUT2D eigenvalue weighted by Crippen LogP contribution is 2.21. The predicted molar refractivity (Wildman–Crippen MR) is 72.7 cm³/mol. The van der Waals surface area contributed by atoms with E-state index in [-0.39, 0.29) is 6.23 Å². The molecule has 0 amide bonds. The van der Waals surface area contributed by atoms with Crippen LogP contribution in [0.25, 0.3) is 0 Å². The van der Waals surface area contributed by atoms with Crippen molar-refractivity contribution in [2.75, 3.05) is 13.2 Å². The molecule has 0 aromatic heterocycles. The van der Waals surface area contributed by atoms with Gasteiger partial charge in [-0.3, -0.25) is 0 Å². The van der Waals surface area contributed by atoms with Crippen molar-refractivity contribution in [3.05, 3.63) is 0 Å². The zero-order chi connectivity index (χ0) is 13.1. The molecular formula is C12H29NO3Si. The molecule has 0 rings (SSSR count). The first-order valence-corrected chi connectivity index (χ1v) is 8.74. The minimum absolute atomic E-state index is 0.328. The molecule has 104 valence electrons. The highest BCUT2D eigenvalue weighted by Gasteiger charge is 2.41. The van der Waals surface area contributed by atoms with E-state index in [0.29, 0.717) is 13.2 Å². The van der Waals surface area contributed by atoms with Gasteiger partial charge in [0.1, 0.15) is 0 Å². The lowest BCUT2D eigenvalue weighted by atomic mass is 10.2. The van der Waals surface area contributed by atoms with Gasteiger partial charge in [0.15, 0.2) is 0 Å². The first kappa shape index (κ1) is 17.1. The molecule has 0 fully saturated rings. The van der Waals surface area contributed by atoms with E-state index in [9.17, 15) is 0 Å². The van der Waals surface area contributed by atoms with Gasteiger partial charge in [0, 0.05) is 19.3 Å². The van der Waals surface area contributed by atoms with Gasteiger partial charge in [-0.15, -0.1) is 0 Å². The summed E-state index contributed by atoms with van der Waals surface area (Å²) in [6.45, 7) is 9.20. The maximum Gasteiger partial charge on any atom is 0.502 e. The second-order valence-electron chi connectivity index (χ2n) is 4.18. The van der Waals surface area contributed by atoms with Crippen LogP contribution in [-0.2, 0) is 13.3 Å². The highest BCUT2D eigenvalue weighted by molar-refractivity contribution is 6.60. The monoisotopic (exact) mass is 263 g/mol. The molecule has 17 heavy (non-hydrogen) atoms. The van der Waals surface area contributed by atoms with E-state index >= 15 is 0 Å². The molecule has 1 unspecified atom stereocenters. The molecule has 0 aromatic carbocycles. The fraction of sp³-hybridized carbons (Fsp3) is 1.00. The molecule has 4 nitrogen and oxygen atoms in total. The summed E-state index contributed by atoms with van der Waals surface area (Å²) in [5.41, 5.74) is 5.72. The Kier molecular flexibility index (Phi) is 10.1. The van der Waals surface area contributed by atoms with Crippen LogP contribution in [0.1, 0.15) is 53.4 Å². The molecule has 0 bridgehead atoms. The van der Waals surface area contributed by atoms with Crippen molar-refractivity contribution in [2.45, 2.75) is 65.7 Å². The second-order valence-corrected chi connectivity index (χ2v) is 6.86. The minimum atomic E-state index is -2.53. The van der Waals surface area contributed by atoms with E-state index in [1.54, 1.807) is 0 Å². The van der Waals surface area contributed by atoms with Crippen LogP contribution in [0, 0.1) is 0 Å². The maximum absolute atomic E-state index is 5.78. The zero-order valence-electron chi connectivity index (χ0n) is 11.8. The van der Waals surface area contributed by atoms with E-state index < -0.39 is 8.80 Å². The van der Waals surface area contributed by atoms with Gasteiger partial charge < -0.3 is 19.0 Å². The summed E-state index contributed by atoms with van der Waals surface area (Å²) in [6.07, 6.45) is 4.44. The first-order valence-electron chi connectivity index (χ1n) is 6.81. The molecule has 1 atom stereocenters. The smallest absolute Gasteiger partial charge is 0.374 e. The van der Waals surface area contributed by atoms with Gasteiger partial charge in [-0.2, -0.15) is 0 Å². The fourth-order valence-corrected chi connectivity index (χ4v) is 4.56. The molecule has 0 aliphatic heterocycles. The van der Waals surface area contributed by atoms with Crippen LogP contribution in [0.2, 0.25) is 6.04 Å². The van der Waals surface area contributed by atoms with E-state index in [1.807, 2.05) is 20.8 Å². The molecule has 5 heteroatoms. The molecule has 0 spiro atoms. The van der Waals surface area contributed by atoms with Crippen molar-refractivity contribution >= 4 is 8.80 Å². The maximum atomic E-state index is 5.78. The Labute approximate surface area is 107 Å². The van der Waals surface area contributed by atoms with E-state index in [1.165, 1.54) is 19.3 Å². The van der Waals surface area contributed by atoms with Gasteiger partial charge in [0.05, 0.1) is 6.23 Å². The van der Waals surface area contributed by atoms with E-state index in [4.69, 9.17) is 19.0 Å². The third-order valence-corrected chi connectivity index (χ3v) is 5.58. The quantitative estimate of drug-likeness (QED) is 0.354. The highest BCUT2D eigenvalue weighted by atomic mass is 28.4. The van der Waals surface area contributed by atoms with Crippen LogP contribution in [0.15, 0.2) is 0 Å². The van der Waals surface area contributed by atoms with Crippen molar-refractivity contribution < 1.29 is 13.3 Å². The normalized spacial score (nSPS) is 13.9. The summed E-state index contributed by atoms with van der Waals surface area (Å²) in [6, 6.07) is 0.871. The average molecular weight is 263 g/mol. The van der Waals surface area contributed by atoms with Gasteiger partial charge in [-0.25, -0.2) is 0 Å². The number of unbranched alkanes of at least 4 members (excludes halogenated alkanes) is 3. The Morgan fingerprint density at radius 2 is 1.59 bits per heavy atom. The summed E-state index contributed by atoms with van der Waals surface area (Å²) < 4.78 is 17.3. The lowest BCUT2D eigenvalue weighted by Crippen LogP contribution is -2.49. The molecule has 0 saturated carbocycles. The fourth-order valence-electron chi connectivity index (χ4n) is 1.80. The van der Waals surface area contributed by atoms with E-state index in [2.05, 4.69) is 6.92 Å². The molecular weight excluding hydrogens is 234 g/mol. The number of hydrogen-bond donors (Lipinski definition) is 1. The van der Waals surface area contributed by atoms with Gasteiger partial charge in [-0.1, -0.05) is 26.2 Å². The molecule has 2 N–H and O–H groups in total. The number of hydrogen-bond acceptors (Lipinski definition) is 4. The summed E-state index contributed by atoms with van der Waals surface area (Å²) >= 11 is 0. The molecule has 0 radical (unpaired) electrons. The molecule has 0 aliphatic carbocycles. The first-order chi connectivity index (χ1) is 8.10. The zero-order valence-corrected chi connectivity index (χ0v) is 12.8. The summed E-state index contributed by atoms with van der Waals surface area (Å²) in [7, 11) is -2.53. The standard InChI is InChI=1S/C12H29NO3Si/c1-5-8-9-10-11-17(14-6-2,15-7-3)16-12(4)13/h12H,5-11,13H2,1-4H3. The Morgan fingerprint density at radius 1 is 1.00 bits per heavy atom. The van der Waals surface area contributed by atoms with E-state index in [0.717, 1.165) is 12.5 Å². The molecule has 0 aliphatic rings. The van der Waals surface area contributed by atoms with Crippen LogP contribution in [0.3, 0.4) is 0 Å². The van der Waals surface area contributed by atoms with Gasteiger partial charge in [-0.05, 0) is 27.2 Å². The Bertz CT molecular complexity index is 173. The predicted octanol–water partition coefficient (Wildman–Crippen LogP) is 2.90. The van der Waals surface area contributed by atoms with Crippen molar-refractivity contribution in [1.29, 1.82) is 0 Å². The van der Waals surface area contributed by atoms with Gasteiger partial charge in [0.2, 0.25) is 0 Å². The topological polar surface area (TPSA) is 53.7 Å². The largest absolute Gasteiger partial charge is 0.502 e. The van der Waals surface area contributed by atoms with Crippen LogP contribution < -0.4 is 5.73 Å². The molecule has 0 aromatic rings. The average Bonchev–Trinajstić information content (AvgIpc) is 2.24. The summed E-state index contributed by atoms with van der Waals surface area (Å²) in [5.74, 6) is 0. The van der Waals surface area contributed by atoms with Gasteiger partial charge >= 0.3 is 8.80 Å². The number of rotatable bonds is 11. The van der Waals surface area contributed by atoms with Crippen molar-refractivity contribution in [3.8, 4) is 0 Å². The summed E-state index contributed by atoms with van der Waals surface area (Å²) in [5, 5.41) is 0.